The second-order valence-electron chi connectivity index (χ2n) is 6.67. The third kappa shape index (κ3) is 4.84. The van der Waals surface area contributed by atoms with E-state index in [4.69, 9.17) is 11.6 Å². The van der Waals surface area contributed by atoms with Crippen molar-refractivity contribution in [2.75, 3.05) is 0 Å². The fraction of sp³-hybridized carbons (Fsp3) is 0.421. The Morgan fingerprint density at radius 3 is 2.81 bits per heavy atom. The van der Waals surface area contributed by atoms with Gasteiger partial charge in [0.15, 0.2) is 5.16 Å². The number of benzene rings is 1. The Bertz CT molecular complexity index is 833. The van der Waals surface area contributed by atoms with Crippen molar-refractivity contribution in [3.63, 3.8) is 0 Å². The lowest BCUT2D eigenvalue weighted by Gasteiger charge is -2.16. The minimum Gasteiger partial charge on any atom is -0.335 e. The summed E-state index contributed by atoms with van der Waals surface area (Å²) in [6, 6.07) is 5.41. The van der Waals surface area contributed by atoms with Crippen LogP contribution in [0.2, 0.25) is 5.02 Å². The molecule has 0 radical (unpaired) electrons. The summed E-state index contributed by atoms with van der Waals surface area (Å²) in [5.74, 6) is -0.340. The summed E-state index contributed by atoms with van der Waals surface area (Å²) < 4.78 is 1.90. The second-order valence-corrected chi connectivity index (χ2v) is 8.38. The average molecular weight is 407 g/mol. The summed E-state index contributed by atoms with van der Waals surface area (Å²) in [5.41, 5.74) is 1.85. The van der Waals surface area contributed by atoms with Crippen LogP contribution < -0.4 is 10.6 Å². The maximum Gasteiger partial charge on any atom is 0.321 e. The number of amides is 3. The van der Waals surface area contributed by atoms with E-state index in [9.17, 15) is 9.59 Å². The first-order chi connectivity index (χ1) is 13.0. The van der Waals surface area contributed by atoms with Crippen LogP contribution in [0.15, 0.2) is 35.7 Å². The van der Waals surface area contributed by atoms with Crippen molar-refractivity contribution in [3.8, 4) is 5.69 Å². The minimum atomic E-state index is -0.472. The van der Waals surface area contributed by atoms with Crippen molar-refractivity contribution < 1.29 is 9.59 Å². The number of urea groups is 1. The van der Waals surface area contributed by atoms with E-state index in [1.807, 2.05) is 35.9 Å². The molecule has 144 valence electrons. The largest absolute Gasteiger partial charge is 0.335 e. The third-order valence-electron chi connectivity index (χ3n) is 4.68. The summed E-state index contributed by atoms with van der Waals surface area (Å²) in [7, 11) is 0. The summed E-state index contributed by atoms with van der Waals surface area (Å²) in [6.45, 7) is 3.70. The maximum absolute atomic E-state index is 12.4. The van der Waals surface area contributed by atoms with Crippen LogP contribution in [-0.2, 0) is 4.79 Å². The number of halogens is 1. The molecule has 27 heavy (non-hydrogen) atoms. The van der Waals surface area contributed by atoms with Crippen molar-refractivity contribution in [3.05, 3.63) is 41.2 Å². The van der Waals surface area contributed by atoms with Crippen molar-refractivity contribution in [1.29, 1.82) is 0 Å². The Balaban J connectivity index is 1.63. The Morgan fingerprint density at radius 2 is 2.07 bits per heavy atom. The van der Waals surface area contributed by atoms with Gasteiger partial charge in [0.1, 0.15) is 0 Å². The average Bonchev–Trinajstić information content (AvgIpc) is 3.29. The highest BCUT2D eigenvalue weighted by Gasteiger charge is 2.22. The van der Waals surface area contributed by atoms with Crippen LogP contribution in [0.5, 0.6) is 0 Å². The second kappa shape index (κ2) is 8.80. The number of nitrogens with one attached hydrogen (secondary N) is 2. The van der Waals surface area contributed by atoms with E-state index in [1.165, 1.54) is 11.8 Å². The molecule has 1 aromatic heterocycles. The smallest absolute Gasteiger partial charge is 0.321 e. The van der Waals surface area contributed by atoms with Gasteiger partial charge in [-0.25, -0.2) is 9.78 Å². The maximum atomic E-state index is 12.4. The van der Waals surface area contributed by atoms with Crippen LogP contribution in [0, 0.1) is 6.92 Å². The first-order valence-corrected chi connectivity index (χ1v) is 10.3. The van der Waals surface area contributed by atoms with Crippen LogP contribution in [0.1, 0.15) is 38.2 Å². The van der Waals surface area contributed by atoms with Gasteiger partial charge in [0.25, 0.3) is 0 Å². The lowest BCUT2D eigenvalue weighted by Crippen LogP contribution is -2.45. The highest BCUT2D eigenvalue weighted by Crippen LogP contribution is 2.28. The minimum absolute atomic E-state index is 0.172. The van der Waals surface area contributed by atoms with Crippen LogP contribution >= 0.6 is 23.4 Å². The Morgan fingerprint density at radius 1 is 1.33 bits per heavy atom. The monoisotopic (exact) mass is 406 g/mol. The molecule has 0 spiro atoms. The molecular weight excluding hydrogens is 384 g/mol. The zero-order chi connectivity index (χ0) is 19.4. The van der Waals surface area contributed by atoms with E-state index < -0.39 is 11.3 Å². The highest BCUT2D eigenvalue weighted by atomic mass is 35.5. The van der Waals surface area contributed by atoms with Gasteiger partial charge in [0.2, 0.25) is 5.91 Å². The molecule has 1 unspecified atom stereocenters. The zero-order valence-corrected chi connectivity index (χ0v) is 16.9. The molecule has 1 fully saturated rings. The molecule has 3 amide bonds. The first-order valence-electron chi connectivity index (χ1n) is 9.02. The number of carbonyl (C=O) groups excluding carboxylic acids is 2. The van der Waals surface area contributed by atoms with Crippen molar-refractivity contribution in [2.24, 2.45) is 0 Å². The number of nitrogens with zero attached hydrogens (tertiary/aromatic N) is 2. The van der Waals surface area contributed by atoms with Gasteiger partial charge in [-0.1, -0.05) is 42.3 Å². The summed E-state index contributed by atoms with van der Waals surface area (Å²) >= 11 is 7.51. The van der Waals surface area contributed by atoms with Gasteiger partial charge in [-0.15, -0.1) is 0 Å². The zero-order valence-electron chi connectivity index (χ0n) is 15.4. The third-order valence-corrected chi connectivity index (χ3v) is 6.17. The standard InChI is InChI=1S/C19H23ClN4O2S/c1-12-15(20)8-5-9-16(12)24-11-10-21-19(24)27-13(2)17(25)23-18(26)22-14-6-3-4-7-14/h5,8-11,13-14H,3-4,6-7H2,1-2H3,(H2,22,23,25,26). The Hall–Kier alpha value is -1.99. The van der Waals surface area contributed by atoms with Gasteiger partial charge in [-0.2, -0.15) is 0 Å². The lowest BCUT2D eigenvalue weighted by atomic mass is 10.2. The number of thioether (sulfide) groups is 1. The van der Waals surface area contributed by atoms with Gasteiger partial charge in [0, 0.05) is 23.5 Å². The number of rotatable bonds is 5. The quantitative estimate of drug-likeness (QED) is 0.733. The molecular formula is C19H23ClN4O2S. The Kier molecular flexibility index (Phi) is 6.44. The van der Waals surface area contributed by atoms with E-state index >= 15 is 0 Å². The van der Waals surface area contributed by atoms with Gasteiger partial charge in [0.05, 0.1) is 10.9 Å². The van der Waals surface area contributed by atoms with Gasteiger partial charge >= 0.3 is 6.03 Å². The number of hydrogen-bond donors (Lipinski definition) is 2. The van der Waals surface area contributed by atoms with Crippen molar-refractivity contribution >= 4 is 35.3 Å². The number of hydrogen-bond acceptors (Lipinski definition) is 4. The predicted octanol–water partition coefficient (Wildman–Crippen LogP) is 4.08. The molecule has 8 heteroatoms. The molecule has 0 aliphatic heterocycles. The number of carbonyl (C=O) groups is 2. The van der Waals surface area contributed by atoms with E-state index in [2.05, 4.69) is 15.6 Å². The Labute approximate surface area is 168 Å². The molecule has 6 nitrogen and oxygen atoms in total. The van der Waals surface area contributed by atoms with E-state index in [-0.39, 0.29) is 11.9 Å². The van der Waals surface area contributed by atoms with Gasteiger partial charge < -0.3 is 5.32 Å². The fourth-order valence-electron chi connectivity index (χ4n) is 3.13. The summed E-state index contributed by atoms with van der Waals surface area (Å²) in [6.07, 6.45) is 7.71. The topological polar surface area (TPSA) is 76.0 Å². The summed E-state index contributed by atoms with van der Waals surface area (Å²) in [4.78, 5) is 28.7. The summed E-state index contributed by atoms with van der Waals surface area (Å²) in [5, 5.41) is 6.16. The lowest BCUT2D eigenvalue weighted by molar-refractivity contribution is -0.119. The molecule has 0 saturated heterocycles. The molecule has 0 bridgehead atoms. The fourth-order valence-corrected chi connectivity index (χ4v) is 4.18. The van der Waals surface area contributed by atoms with Crippen LogP contribution in [0.25, 0.3) is 5.69 Å². The van der Waals surface area contributed by atoms with Crippen molar-refractivity contribution in [2.45, 2.75) is 56.0 Å². The molecule has 1 aromatic carbocycles. The number of imidazole rings is 1. The van der Waals surface area contributed by atoms with Crippen LogP contribution in [0.3, 0.4) is 0 Å². The molecule has 3 rings (SSSR count). The normalized spacial score (nSPS) is 15.5. The molecule has 1 aliphatic rings. The molecule has 1 atom stereocenters. The van der Waals surface area contributed by atoms with E-state index in [1.54, 1.807) is 13.1 Å². The molecule has 2 aromatic rings. The molecule has 1 aliphatic carbocycles. The van der Waals surface area contributed by atoms with Crippen molar-refractivity contribution in [1.82, 2.24) is 20.2 Å². The highest BCUT2D eigenvalue weighted by molar-refractivity contribution is 8.00. The van der Waals surface area contributed by atoms with Gasteiger partial charge in [-0.3, -0.25) is 14.7 Å². The van der Waals surface area contributed by atoms with Crippen LogP contribution in [0.4, 0.5) is 4.79 Å². The molecule has 2 N–H and O–H groups in total. The van der Waals surface area contributed by atoms with Gasteiger partial charge in [-0.05, 0) is 44.4 Å². The predicted molar refractivity (Wildman–Crippen MR) is 108 cm³/mol. The van der Waals surface area contributed by atoms with E-state index in [0.717, 1.165) is 36.9 Å². The number of imide groups is 1. The molecule has 1 heterocycles. The number of aromatic nitrogens is 2. The SMILES string of the molecule is Cc1c(Cl)cccc1-n1ccnc1SC(C)C(=O)NC(=O)NC1CCCC1. The van der Waals surface area contributed by atoms with E-state index in [0.29, 0.717) is 10.2 Å². The molecule has 1 saturated carbocycles. The van der Waals surface area contributed by atoms with Crippen LogP contribution in [-0.4, -0.2) is 32.8 Å². The first kappa shape index (κ1) is 19.8.